The monoisotopic (exact) mass is 512 g/mol. The Bertz CT molecular complexity index is 1540. The first-order valence-corrected chi connectivity index (χ1v) is 12.8. The van der Waals surface area contributed by atoms with Crippen molar-refractivity contribution in [2.75, 3.05) is 23.7 Å². The minimum absolute atomic E-state index is 0.351. The summed E-state index contributed by atoms with van der Waals surface area (Å²) in [6.45, 7) is 1.65. The van der Waals surface area contributed by atoms with Crippen LogP contribution >= 0.6 is 11.6 Å². The van der Waals surface area contributed by atoms with E-state index in [-0.39, 0.29) is 5.82 Å². The Morgan fingerprint density at radius 1 is 0.892 bits per heavy atom. The van der Waals surface area contributed by atoms with Crippen molar-refractivity contribution in [2.24, 2.45) is 5.92 Å². The van der Waals surface area contributed by atoms with E-state index < -0.39 is 0 Å². The van der Waals surface area contributed by atoms with Crippen molar-refractivity contribution < 1.29 is 4.39 Å². The maximum atomic E-state index is 15.0. The highest BCUT2D eigenvalue weighted by Gasteiger charge is 2.26. The van der Waals surface area contributed by atoms with Crippen molar-refractivity contribution in [1.82, 2.24) is 19.7 Å². The molecule has 1 saturated heterocycles. The topological polar surface area (TPSA) is 72.9 Å². The summed E-state index contributed by atoms with van der Waals surface area (Å²) in [5.74, 6) is 1.13. The fraction of sp³-hybridized carbons (Fsp3) is 0.207. The van der Waals surface area contributed by atoms with Crippen LogP contribution in [-0.2, 0) is 6.42 Å². The predicted octanol–water partition coefficient (Wildman–Crippen LogP) is 6.32. The van der Waals surface area contributed by atoms with Gasteiger partial charge in [-0.25, -0.2) is 14.1 Å². The van der Waals surface area contributed by atoms with Gasteiger partial charge in [-0.1, -0.05) is 54.1 Å². The smallest absolute Gasteiger partial charge is 0.228 e. The second-order valence-corrected chi connectivity index (χ2v) is 9.88. The number of rotatable bonds is 5. The lowest BCUT2D eigenvalue weighted by Gasteiger charge is -2.32. The average molecular weight is 513 g/mol. The Labute approximate surface area is 219 Å². The van der Waals surface area contributed by atoms with Crippen LogP contribution in [0.2, 0.25) is 5.02 Å². The van der Waals surface area contributed by atoms with Crippen molar-refractivity contribution in [3.63, 3.8) is 0 Å². The number of anilines is 2. The first-order valence-electron chi connectivity index (χ1n) is 12.4. The second kappa shape index (κ2) is 9.82. The van der Waals surface area contributed by atoms with Crippen LogP contribution in [0.5, 0.6) is 0 Å². The zero-order valence-corrected chi connectivity index (χ0v) is 20.9. The van der Waals surface area contributed by atoms with Gasteiger partial charge in [0.25, 0.3) is 0 Å². The van der Waals surface area contributed by atoms with Crippen LogP contribution < -0.4 is 10.6 Å². The quantitative estimate of drug-likeness (QED) is 0.298. The third kappa shape index (κ3) is 4.62. The van der Waals surface area contributed by atoms with E-state index in [0.717, 1.165) is 38.0 Å². The lowest BCUT2D eigenvalue weighted by atomic mass is 9.90. The molecule has 2 N–H and O–H groups in total. The molecule has 6 nitrogen and oxygen atoms in total. The molecule has 5 aromatic rings. The Hall–Kier alpha value is -3.97. The summed E-state index contributed by atoms with van der Waals surface area (Å²) < 4.78 is 16.6. The number of benzene rings is 3. The van der Waals surface area contributed by atoms with Gasteiger partial charge in [-0.2, -0.15) is 4.98 Å². The molecule has 3 heterocycles. The Balaban J connectivity index is 1.38. The van der Waals surface area contributed by atoms with Crippen LogP contribution in [0.4, 0.5) is 16.2 Å². The van der Waals surface area contributed by atoms with E-state index in [1.807, 2.05) is 18.2 Å². The molecule has 0 radical (unpaired) electrons. The first-order chi connectivity index (χ1) is 18.1. The standard InChI is InChI=1S/C29H26ClFN6/c30-21-10-12-22(13-11-21)37-27(32)25-26(23-8-4-5-9-24(23)31)33-29(34-28(25)35-37)36-16-14-20(15-17-36)18-19-6-2-1-3-7-19/h1-13,20H,14-18,32H2. The maximum absolute atomic E-state index is 15.0. The molecule has 1 aliphatic rings. The van der Waals surface area contributed by atoms with Gasteiger partial charge in [-0.05, 0) is 67.1 Å². The average Bonchev–Trinajstić information content (AvgIpc) is 3.26. The van der Waals surface area contributed by atoms with Crippen LogP contribution in [0.25, 0.3) is 28.0 Å². The molecule has 2 aromatic heterocycles. The van der Waals surface area contributed by atoms with Crippen LogP contribution in [0.3, 0.4) is 0 Å². The molecule has 0 amide bonds. The minimum atomic E-state index is -0.367. The van der Waals surface area contributed by atoms with E-state index in [4.69, 9.17) is 32.4 Å². The number of hydrogen-bond donors (Lipinski definition) is 1. The molecule has 8 heteroatoms. The fourth-order valence-corrected chi connectivity index (χ4v) is 5.18. The molecule has 0 bridgehead atoms. The van der Waals surface area contributed by atoms with E-state index in [1.54, 1.807) is 35.0 Å². The molecule has 0 aliphatic carbocycles. The molecule has 0 saturated carbocycles. The van der Waals surface area contributed by atoms with E-state index in [9.17, 15) is 4.39 Å². The molecule has 186 valence electrons. The summed E-state index contributed by atoms with van der Waals surface area (Å²) >= 11 is 6.07. The number of piperidine rings is 1. The highest BCUT2D eigenvalue weighted by atomic mass is 35.5. The van der Waals surface area contributed by atoms with Crippen molar-refractivity contribution in [2.45, 2.75) is 19.3 Å². The van der Waals surface area contributed by atoms with Gasteiger partial charge < -0.3 is 10.6 Å². The number of nitrogen functional groups attached to an aromatic ring is 1. The predicted molar refractivity (Wildman–Crippen MR) is 147 cm³/mol. The molecule has 0 atom stereocenters. The van der Waals surface area contributed by atoms with Crippen molar-refractivity contribution in [3.05, 3.63) is 95.3 Å². The Morgan fingerprint density at radius 3 is 2.32 bits per heavy atom. The minimum Gasteiger partial charge on any atom is -0.383 e. The van der Waals surface area contributed by atoms with Crippen LogP contribution in [-0.4, -0.2) is 32.8 Å². The number of fused-ring (bicyclic) bond motifs is 1. The number of hydrogen-bond acceptors (Lipinski definition) is 5. The van der Waals surface area contributed by atoms with Gasteiger partial charge in [0.15, 0.2) is 5.65 Å². The zero-order chi connectivity index (χ0) is 25.4. The van der Waals surface area contributed by atoms with E-state index in [1.165, 1.54) is 11.6 Å². The molecular formula is C29H26ClFN6. The van der Waals surface area contributed by atoms with Crippen LogP contribution in [0.1, 0.15) is 18.4 Å². The molecule has 1 aliphatic heterocycles. The molecule has 6 rings (SSSR count). The second-order valence-electron chi connectivity index (χ2n) is 9.44. The zero-order valence-electron chi connectivity index (χ0n) is 20.2. The van der Waals surface area contributed by atoms with Gasteiger partial charge in [0.05, 0.1) is 16.8 Å². The van der Waals surface area contributed by atoms with Crippen molar-refractivity contribution in [3.8, 4) is 16.9 Å². The van der Waals surface area contributed by atoms with Gasteiger partial charge in [0.1, 0.15) is 11.6 Å². The SMILES string of the molecule is Nc1c2c(-c3ccccc3F)nc(N3CCC(Cc4ccccc4)CC3)nc2nn1-c1ccc(Cl)cc1. The van der Waals surface area contributed by atoms with Gasteiger partial charge in [0.2, 0.25) is 5.95 Å². The molecule has 37 heavy (non-hydrogen) atoms. The summed E-state index contributed by atoms with van der Waals surface area (Å²) in [7, 11) is 0. The Morgan fingerprint density at radius 2 is 1.59 bits per heavy atom. The number of halogens is 2. The largest absolute Gasteiger partial charge is 0.383 e. The number of nitrogens with two attached hydrogens (primary N) is 1. The van der Waals surface area contributed by atoms with Gasteiger partial charge in [0, 0.05) is 23.7 Å². The van der Waals surface area contributed by atoms with E-state index in [0.29, 0.717) is 45.0 Å². The third-order valence-electron chi connectivity index (χ3n) is 7.02. The van der Waals surface area contributed by atoms with Gasteiger partial charge >= 0.3 is 0 Å². The fourth-order valence-electron chi connectivity index (χ4n) is 5.05. The summed E-state index contributed by atoms with van der Waals surface area (Å²) in [5, 5.41) is 5.85. The van der Waals surface area contributed by atoms with Crippen molar-refractivity contribution in [1.29, 1.82) is 0 Å². The molecule has 3 aromatic carbocycles. The van der Waals surface area contributed by atoms with Crippen LogP contribution in [0, 0.1) is 11.7 Å². The summed E-state index contributed by atoms with van der Waals surface area (Å²) in [5.41, 5.74) is 9.92. The highest BCUT2D eigenvalue weighted by Crippen LogP contribution is 2.35. The third-order valence-corrected chi connectivity index (χ3v) is 7.27. The summed E-state index contributed by atoms with van der Waals surface area (Å²) in [4.78, 5) is 11.8. The summed E-state index contributed by atoms with van der Waals surface area (Å²) in [6, 6.07) is 24.4. The van der Waals surface area contributed by atoms with E-state index in [2.05, 4.69) is 29.2 Å². The Kier molecular flexibility index (Phi) is 6.22. The molecule has 0 spiro atoms. The molecular weight excluding hydrogens is 487 g/mol. The summed E-state index contributed by atoms with van der Waals surface area (Å²) in [6.07, 6.45) is 3.14. The van der Waals surface area contributed by atoms with Gasteiger partial charge in [-0.15, -0.1) is 5.10 Å². The van der Waals surface area contributed by atoms with E-state index >= 15 is 0 Å². The number of nitrogens with zero attached hydrogens (tertiary/aromatic N) is 5. The van der Waals surface area contributed by atoms with Crippen LogP contribution in [0.15, 0.2) is 78.9 Å². The van der Waals surface area contributed by atoms with Gasteiger partial charge in [-0.3, -0.25) is 0 Å². The highest BCUT2D eigenvalue weighted by molar-refractivity contribution is 6.30. The molecule has 0 unspecified atom stereocenters. The molecule has 1 fully saturated rings. The first kappa shape index (κ1) is 23.4. The lowest BCUT2D eigenvalue weighted by molar-refractivity contribution is 0.401. The lowest BCUT2D eigenvalue weighted by Crippen LogP contribution is -2.35. The number of aromatic nitrogens is 4. The maximum Gasteiger partial charge on any atom is 0.228 e. The van der Waals surface area contributed by atoms with Crippen molar-refractivity contribution >= 4 is 34.4 Å². The normalized spacial score (nSPS) is 14.4.